The van der Waals surface area contributed by atoms with E-state index in [1.54, 1.807) is 0 Å². The second kappa shape index (κ2) is 5.68. The van der Waals surface area contributed by atoms with Gasteiger partial charge in [-0.15, -0.1) is 0 Å². The van der Waals surface area contributed by atoms with E-state index >= 15 is 0 Å². The number of rotatable bonds is 3. The van der Waals surface area contributed by atoms with E-state index in [0.717, 1.165) is 0 Å². The number of carboxylic acids is 1. The van der Waals surface area contributed by atoms with Gasteiger partial charge in [-0.3, -0.25) is 19.2 Å². The lowest BCUT2D eigenvalue weighted by Gasteiger charge is -2.34. The molecular weight excluding hydrogens is 268 g/mol. The van der Waals surface area contributed by atoms with E-state index in [-0.39, 0.29) is 37.6 Å². The van der Waals surface area contributed by atoms with E-state index in [1.165, 1.54) is 4.90 Å². The van der Waals surface area contributed by atoms with Crippen LogP contribution in [0.25, 0.3) is 0 Å². The fourth-order valence-electron chi connectivity index (χ4n) is 2.12. The zero-order chi connectivity index (χ0) is 14.7. The summed E-state index contributed by atoms with van der Waals surface area (Å²) in [5, 5.41) is 15.0. The van der Waals surface area contributed by atoms with E-state index in [1.807, 2.05) is 0 Å². The second-order valence-corrected chi connectivity index (χ2v) is 4.50. The minimum Gasteiger partial charge on any atom is -0.481 e. The Kier molecular flexibility index (Phi) is 3.97. The Morgan fingerprint density at radius 2 is 2.10 bits per heavy atom. The zero-order valence-corrected chi connectivity index (χ0v) is 10.6. The molecule has 2 rings (SSSR count). The molecular formula is C11H14N4O5. The van der Waals surface area contributed by atoms with Gasteiger partial charge in [-0.1, -0.05) is 0 Å². The SMILES string of the molecule is O=C(O)CC1C(=O)NCCN1C(=O)C1=NNC(=O)CC1. The highest BCUT2D eigenvalue weighted by molar-refractivity contribution is 6.39. The van der Waals surface area contributed by atoms with Crippen molar-refractivity contribution in [2.45, 2.75) is 25.3 Å². The summed E-state index contributed by atoms with van der Waals surface area (Å²) < 4.78 is 0. The van der Waals surface area contributed by atoms with E-state index in [0.29, 0.717) is 0 Å². The van der Waals surface area contributed by atoms with Crippen LogP contribution in [0.1, 0.15) is 19.3 Å². The van der Waals surface area contributed by atoms with Crippen molar-refractivity contribution in [3.63, 3.8) is 0 Å². The van der Waals surface area contributed by atoms with Gasteiger partial charge in [-0.05, 0) is 0 Å². The third-order valence-electron chi connectivity index (χ3n) is 3.11. The molecule has 0 radical (unpaired) electrons. The molecule has 0 saturated carbocycles. The predicted octanol–water partition coefficient (Wildman–Crippen LogP) is -1.95. The van der Waals surface area contributed by atoms with E-state index in [9.17, 15) is 19.2 Å². The Morgan fingerprint density at radius 3 is 2.70 bits per heavy atom. The summed E-state index contributed by atoms with van der Waals surface area (Å²) in [5.41, 5.74) is 2.34. The highest BCUT2D eigenvalue weighted by Gasteiger charge is 2.36. The number of nitrogens with one attached hydrogen (secondary N) is 2. The number of aliphatic carboxylic acids is 1. The summed E-state index contributed by atoms with van der Waals surface area (Å²) in [6.07, 6.45) is -0.131. The molecule has 3 N–H and O–H groups in total. The topological polar surface area (TPSA) is 128 Å². The molecule has 0 aromatic carbocycles. The number of carboxylic acid groups (broad SMARTS) is 1. The van der Waals surface area contributed by atoms with Gasteiger partial charge in [-0.2, -0.15) is 5.10 Å². The maximum absolute atomic E-state index is 12.3. The van der Waals surface area contributed by atoms with Gasteiger partial charge >= 0.3 is 5.97 Å². The summed E-state index contributed by atoms with van der Waals surface area (Å²) in [6.45, 7) is 0.482. The van der Waals surface area contributed by atoms with Gasteiger partial charge < -0.3 is 15.3 Å². The third-order valence-corrected chi connectivity index (χ3v) is 3.11. The predicted molar refractivity (Wildman–Crippen MR) is 65.6 cm³/mol. The molecule has 0 spiro atoms. The van der Waals surface area contributed by atoms with E-state index < -0.39 is 30.2 Å². The zero-order valence-electron chi connectivity index (χ0n) is 10.6. The first kappa shape index (κ1) is 14.0. The quantitative estimate of drug-likeness (QED) is 0.554. The lowest BCUT2D eigenvalue weighted by molar-refractivity contribution is -0.146. The summed E-state index contributed by atoms with van der Waals surface area (Å²) in [5.74, 6) is -2.44. The van der Waals surface area contributed by atoms with Gasteiger partial charge in [0.1, 0.15) is 11.8 Å². The average molecular weight is 282 g/mol. The molecule has 1 fully saturated rings. The lowest BCUT2D eigenvalue weighted by atomic mass is 10.1. The molecule has 0 aromatic rings. The van der Waals surface area contributed by atoms with Crippen molar-refractivity contribution in [1.29, 1.82) is 0 Å². The first-order valence-corrected chi connectivity index (χ1v) is 6.15. The molecule has 0 bridgehead atoms. The number of nitrogens with zero attached hydrogens (tertiary/aromatic N) is 2. The van der Waals surface area contributed by atoms with Crippen LogP contribution in [0.2, 0.25) is 0 Å². The van der Waals surface area contributed by atoms with Gasteiger partial charge in [0.25, 0.3) is 5.91 Å². The molecule has 108 valence electrons. The Bertz CT molecular complexity index is 501. The average Bonchev–Trinajstić information content (AvgIpc) is 2.41. The van der Waals surface area contributed by atoms with Gasteiger partial charge in [0, 0.05) is 25.9 Å². The summed E-state index contributed by atoms with van der Waals surface area (Å²) in [6, 6.07) is -1.05. The summed E-state index contributed by atoms with van der Waals surface area (Å²) >= 11 is 0. The molecule has 2 heterocycles. The minimum absolute atomic E-state index is 0.134. The van der Waals surface area contributed by atoms with Gasteiger partial charge in [-0.25, -0.2) is 5.43 Å². The Labute approximate surface area is 114 Å². The van der Waals surface area contributed by atoms with Crippen molar-refractivity contribution < 1.29 is 24.3 Å². The highest BCUT2D eigenvalue weighted by atomic mass is 16.4. The lowest BCUT2D eigenvalue weighted by Crippen LogP contribution is -2.59. The van der Waals surface area contributed by atoms with Crippen LogP contribution < -0.4 is 10.7 Å². The number of hydrogen-bond donors (Lipinski definition) is 3. The number of hydrazone groups is 1. The van der Waals surface area contributed by atoms with E-state index in [4.69, 9.17) is 5.11 Å². The smallest absolute Gasteiger partial charge is 0.305 e. The minimum atomic E-state index is -1.16. The van der Waals surface area contributed by atoms with Crippen molar-refractivity contribution in [3.8, 4) is 0 Å². The van der Waals surface area contributed by atoms with Crippen molar-refractivity contribution in [2.75, 3.05) is 13.1 Å². The third kappa shape index (κ3) is 2.92. The Balaban J connectivity index is 2.15. The van der Waals surface area contributed by atoms with Crippen LogP contribution >= 0.6 is 0 Å². The molecule has 3 amide bonds. The van der Waals surface area contributed by atoms with Crippen molar-refractivity contribution in [2.24, 2.45) is 5.10 Å². The molecule has 2 aliphatic rings. The Hall–Kier alpha value is -2.45. The number of carbonyl (C=O) groups is 4. The number of amides is 3. The van der Waals surface area contributed by atoms with Gasteiger partial charge in [0.2, 0.25) is 11.8 Å². The first-order chi connectivity index (χ1) is 9.49. The van der Waals surface area contributed by atoms with Gasteiger partial charge in [0.15, 0.2) is 0 Å². The number of hydrogen-bond acceptors (Lipinski definition) is 5. The molecule has 20 heavy (non-hydrogen) atoms. The Morgan fingerprint density at radius 1 is 1.35 bits per heavy atom. The monoisotopic (exact) mass is 282 g/mol. The largest absolute Gasteiger partial charge is 0.481 e. The van der Waals surface area contributed by atoms with Crippen molar-refractivity contribution >= 4 is 29.4 Å². The van der Waals surface area contributed by atoms with Gasteiger partial charge in [0.05, 0.1) is 6.42 Å². The highest BCUT2D eigenvalue weighted by Crippen LogP contribution is 2.12. The number of carbonyl (C=O) groups excluding carboxylic acids is 3. The molecule has 9 heteroatoms. The molecule has 0 aromatic heterocycles. The molecule has 2 aliphatic heterocycles. The number of piperazine rings is 1. The molecule has 1 saturated heterocycles. The molecule has 9 nitrogen and oxygen atoms in total. The standard InChI is InChI=1S/C11H14N4O5/c16-8-2-1-6(13-14-8)11(20)15-4-3-12-10(19)7(15)5-9(17)18/h7H,1-5H2,(H,12,19)(H,14,16)(H,17,18). The maximum Gasteiger partial charge on any atom is 0.305 e. The fourth-order valence-corrected chi connectivity index (χ4v) is 2.12. The summed E-state index contributed by atoms with van der Waals surface area (Å²) in [4.78, 5) is 46.9. The van der Waals surface area contributed by atoms with Crippen molar-refractivity contribution in [1.82, 2.24) is 15.6 Å². The molecule has 1 unspecified atom stereocenters. The van der Waals surface area contributed by atoms with Crippen LogP contribution in [-0.4, -0.2) is 58.5 Å². The van der Waals surface area contributed by atoms with Crippen LogP contribution in [0.5, 0.6) is 0 Å². The second-order valence-electron chi connectivity index (χ2n) is 4.50. The van der Waals surface area contributed by atoms with Crippen LogP contribution in [0, 0.1) is 0 Å². The van der Waals surface area contributed by atoms with E-state index in [2.05, 4.69) is 15.8 Å². The van der Waals surface area contributed by atoms with Crippen LogP contribution in [0.3, 0.4) is 0 Å². The van der Waals surface area contributed by atoms with Crippen molar-refractivity contribution in [3.05, 3.63) is 0 Å². The normalized spacial score (nSPS) is 22.7. The first-order valence-electron chi connectivity index (χ1n) is 6.15. The molecule has 1 atom stereocenters. The summed E-state index contributed by atoms with van der Waals surface area (Å²) in [7, 11) is 0. The fraction of sp³-hybridized carbons (Fsp3) is 0.545. The van der Waals surface area contributed by atoms with Crippen LogP contribution in [0.15, 0.2) is 5.10 Å². The van der Waals surface area contributed by atoms with Crippen LogP contribution in [0.4, 0.5) is 0 Å². The molecule has 0 aliphatic carbocycles. The maximum atomic E-state index is 12.3. The van der Waals surface area contributed by atoms with Crippen LogP contribution in [-0.2, 0) is 19.2 Å².